The molecule has 2 aromatic rings. The number of fused-ring (bicyclic) bond motifs is 1. The van der Waals surface area contributed by atoms with Crippen molar-refractivity contribution in [2.45, 2.75) is 56.0 Å². The van der Waals surface area contributed by atoms with Crippen LogP contribution in [0, 0.1) is 0 Å². The van der Waals surface area contributed by atoms with Crippen molar-refractivity contribution in [2.24, 2.45) is 0 Å². The summed E-state index contributed by atoms with van der Waals surface area (Å²) in [4.78, 5) is 11.5. The van der Waals surface area contributed by atoms with Gasteiger partial charge in [0.05, 0.1) is 23.8 Å². The van der Waals surface area contributed by atoms with Crippen LogP contribution in [0.25, 0.3) is 6.08 Å². The maximum Gasteiger partial charge on any atom is 0.328 e. The van der Waals surface area contributed by atoms with Crippen molar-refractivity contribution in [3.8, 4) is 5.75 Å². The van der Waals surface area contributed by atoms with Gasteiger partial charge in [-0.3, -0.25) is 14.4 Å². The van der Waals surface area contributed by atoms with Gasteiger partial charge in [0, 0.05) is 22.7 Å². The molecular formula is C25H36N2O5S. The Morgan fingerprint density at radius 3 is 2.52 bits per heavy atom. The number of nitrogens with one attached hydrogen (secondary N) is 1. The van der Waals surface area contributed by atoms with E-state index in [1.54, 1.807) is 12.1 Å². The maximum absolute atomic E-state index is 11.4. The molecule has 1 heterocycles. The molecule has 33 heavy (non-hydrogen) atoms. The van der Waals surface area contributed by atoms with Gasteiger partial charge in [-0.05, 0) is 36.6 Å². The molecule has 7 N–H and O–H groups in total. The van der Waals surface area contributed by atoms with E-state index in [9.17, 15) is 13.9 Å². The molecule has 0 aromatic heterocycles. The largest absolute Gasteiger partial charge is 0.496 e. The van der Waals surface area contributed by atoms with E-state index in [4.69, 9.17) is 9.84 Å². The number of carbonyl (C=O) groups is 1. The third kappa shape index (κ3) is 5.96. The van der Waals surface area contributed by atoms with Gasteiger partial charge in [-0.2, -0.15) is 10.6 Å². The van der Waals surface area contributed by atoms with Crippen LogP contribution in [0.3, 0.4) is 0 Å². The van der Waals surface area contributed by atoms with Crippen LogP contribution in [0.2, 0.25) is 0 Å². The lowest BCUT2D eigenvalue weighted by Crippen LogP contribution is -2.49. The average Bonchev–Trinajstić information content (AvgIpc) is 2.88. The topological polar surface area (TPSA) is 134 Å². The van der Waals surface area contributed by atoms with Crippen molar-refractivity contribution in [3.63, 3.8) is 0 Å². The molecule has 182 valence electrons. The minimum atomic E-state index is -3.15. The third-order valence-corrected chi connectivity index (χ3v) is 8.19. The molecule has 0 aliphatic carbocycles. The summed E-state index contributed by atoms with van der Waals surface area (Å²) in [6.45, 7) is 4.21. The van der Waals surface area contributed by atoms with Crippen molar-refractivity contribution in [2.75, 3.05) is 12.9 Å². The number of carboxylic acids is 1. The van der Waals surface area contributed by atoms with E-state index in [1.807, 2.05) is 30.3 Å². The maximum atomic E-state index is 11.4. The predicted molar refractivity (Wildman–Crippen MR) is 135 cm³/mol. The smallest absolute Gasteiger partial charge is 0.328 e. The number of methoxy groups -OCH3 is 1. The molecule has 7 nitrogen and oxygen atoms in total. The van der Waals surface area contributed by atoms with Crippen LogP contribution < -0.4 is 16.2 Å². The van der Waals surface area contributed by atoms with Crippen LogP contribution in [0.15, 0.2) is 53.4 Å². The second-order valence-corrected chi connectivity index (χ2v) is 10.4. The number of unbranched alkanes of at least 4 members (excludes halogenated alkanes) is 1. The van der Waals surface area contributed by atoms with Gasteiger partial charge in [-0.15, -0.1) is 0 Å². The van der Waals surface area contributed by atoms with E-state index < -0.39 is 22.1 Å². The van der Waals surface area contributed by atoms with Crippen LogP contribution in [0.5, 0.6) is 5.75 Å². The zero-order chi connectivity index (χ0) is 23.4. The van der Waals surface area contributed by atoms with E-state index in [-0.39, 0.29) is 17.9 Å². The first-order valence-electron chi connectivity index (χ1n) is 11.0. The van der Waals surface area contributed by atoms with E-state index in [0.29, 0.717) is 16.2 Å². The number of rotatable bonds is 8. The fourth-order valence-electron chi connectivity index (χ4n) is 4.41. The molecule has 8 heteroatoms. The first-order valence-corrected chi connectivity index (χ1v) is 12.7. The van der Waals surface area contributed by atoms with Crippen molar-refractivity contribution in [3.05, 3.63) is 65.2 Å². The molecule has 0 amide bonds. The summed E-state index contributed by atoms with van der Waals surface area (Å²) in [5.74, 6) is -0.389. The van der Waals surface area contributed by atoms with Crippen LogP contribution in [-0.2, 0) is 4.79 Å². The average molecular weight is 477 g/mol. The van der Waals surface area contributed by atoms with Gasteiger partial charge in [0.25, 0.3) is 0 Å². The van der Waals surface area contributed by atoms with Crippen molar-refractivity contribution < 1.29 is 23.7 Å². The summed E-state index contributed by atoms with van der Waals surface area (Å²) >= 11 is 0. The van der Waals surface area contributed by atoms with Crippen LogP contribution >= 0.6 is 10.6 Å². The quantitative estimate of drug-likeness (QED) is 0.291. The lowest BCUT2D eigenvalue weighted by Gasteiger charge is -2.42. The predicted octanol–water partition coefficient (Wildman–Crippen LogP) is 6.10. The Labute approximate surface area is 197 Å². The SMILES string of the molecule is CCCC[C@]1(CC)CS(O)(O)c2cc(/C=C/C(=O)O)c(OC)cc2[C@@H](c2ccccc2)N1.N. The van der Waals surface area contributed by atoms with E-state index in [2.05, 4.69) is 19.2 Å². The lowest BCUT2D eigenvalue weighted by atomic mass is 9.88. The van der Waals surface area contributed by atoms with Crippen molar-refractivity contribution in [1.29, 1.82) is 0 Å². The summed E-state index contributed by atoms with van der Waals surface area (Å²) in [6, 6.07) is 13.2. The summed E-state index contributed by atoms with van der Waals surface area (Å²) in [5.41, 5.74) is 1.82. The number of hydrogen-bond acceptors (Lipinski definition) is 6. The lowest BCUT2D eigenvalue weighted by molar-refractivity contribution is -0.131. The molecule has 1 aliphatic rings. The Balaban J connectivity index is 0.00000385. The molecule has 2 atom stereocenters. The summed E-state index contributed by atoms with van der Waals surface area (Å²) in [6.07, 6.45) is 6.03. The number of hydrogen-bond donors (Lipinski definition) is 5. The van der Waals surface area contributed by atoms with E-state index in [0.717, 1.165) is 42.9 Å². The summed E-state index contributed by atoms with van der Waals surface area (Å²) in [7, 11) is -1.63. The zero-order valence-electron chi connectivity index (χ0n) is 19.6. The second-order valence-electron chi connectivity index (χ2n) is 8.34. The van der Waals surface area contributed by atoms with Gasteiger partial charge in [0.1, 0.15) is 5.75 Å². The molecule has 3 rings (SSSR count). The molecule has 0 fully saturated rings. The highest BCUT2D eigenvalue weighted by Crippen LogP contribution is 2.58. The second kappa shape index (κ2) is 11.2. The van der Waals surface area contributed by atoms with Gasteiger partial charge >= 0.3 is 5.97 Å². The van der Waals surface area contributed by atoms with Crippen LogP contribution in [0.1, 0.15) is 62.3 Å². The molecular weight excluding hydrogens is 440 g/mol. The third-order valence-electron chi connectivity index (χ3n) is 6.18. The number of ether oxygens (including phenoxy) is 1. The Morgan fingerprint density at radius 1 is 1.24 bits per heavy atom. The first kappa shape index (κ1) is 26.9. The summed E-state index contributed by atoms with van der Waals surface area (Å²) < 4.78 is 28.4. The van der Waals surface area contributed by atoms with Crippen LogP contribution in [0.4, 0.5) is 0 Å². The number of aliphatic carboxylic acids is 1. The molecule has 0 radical (unpaired) electrons. The van der Waals surface area contributed by atoms with Crippen molar-refractivity contribution in [1.82, 2.24) is 11.5 Å². The Hall–Kier alpha value is -2.36. The van der Waals surface area contributed by atoms with Gasteiger partial charge in [-0.25, -0.2) is 4.79 Å². The fraction of sp³-hybridized carbons (Fsp3) is 0.400. The molecule has 0 bridgehead atoms. The van der Waals surface area contributed by atoms with E-state index >= 15 is 0 Å². The summed E-state index contributed by atoms with van der Waals surface area (Å²) in [5, 5.41) is 12.9. The normalized spacial score (nSPS) is 22.6. The molecule has 1 aliphatic heterocycles. The fourth-order valence-corrected chi connectivity index (χ4v) is 6.63. The van der Waals surface area contributed by atoms with E-state index in [1.165, 1.54) is 13.2 Å². The molecule has 2 aromatic carbocycles. The molecule has 0 saturated carbocycles. The monoisotopic (exact) mass is 476 g/mol. The Bertz CT molecular complexity index is 980. The number of benzene rings is 2. The van der Waals surface area contributed by atoms with Gasteiger partial charge < -0.3 is 16.0 Å². The van der Waals surface area contributed by atoms with Gasteiger partial charge in [-0.1, -0.05) is 57.0 Å². The number of carboxylic acid groups (broad SMARTS) is 1. The standard InChI is InChI=1S/C25H33NO5S.H3N/c1-4-6-14-25(5-2)17-32(29,30)22-15-19(12-13-23(27)28)21(31-3)16-20(22)24(26-25)18-10-8-7-9-11-18;/h7-13,15-16,24,26,29-30H,4-6,14,17H2,1-3H3,(H,27,28);1H3/b13-12+;/t24-,25-;/m1./s1. The Morgan fingerprint density at radius 2 is 1.94 bits per heavy atom. The highest BCUT2D eigenvalue weighted by molar-refractivity contribution is 8.24. The highest BCUT2D eigenvalue weighted by Gasteiger charge is 2.42. The highest BCUT2D eigenvalue weighted by atomic mass is 32.3. The van der Waals surface area contributed by atoms with Crippen molar-refractivity contribution >= 4 is 22.6 Å². The van der Waals surface area contributed by atoms with Crippen LogP contribution in [-0.4, -0.2) is 38.6 Å². The zero-order valence-corrected chi connectivity index (χ0v) is 20.4. The first-order chi connectivity index (χ1) is 15.2. The Kier molecular flexibility index (Phi) is 9.11. The molecule has 0 saturated heterocycles. The molecule has 0 unspecified atom stereocenters. The minimum absolute atomic E-state index is 0. The minimum Gasteiger partial charge on any atom is -0.496 e. The molecule has 0 spiro atoms. The van der Waals surface area contributed by atoms with Gasteiger partial charge in [0.2, 0.25) is 0 Å². The van der Waals surface area contributed by atoms with Gasteiger partial charge in [0.15, 0.2) is 0 Å².